The molecule has 1 amide bonds. The van der Waals surface area contributed by atoms with Crippen molar-refractivity contribution >= 4 is 34.1 Å². The molecule has 0 bridgehead atoms. The summed E-state index contributed by atoms with van der Waals surface area (Å²) in [5.74, 6) is 1.67. The molecular weight excluding hydrogens is 306 g/mol. The molecule has 0 saturated heterocycles. The average molecular weight is 321 g/mol. The molecule has 0 aliphatic heterocycles. The SMILES string of the molecule is COc1ccc(SCC(=O)Nc2nnc(C3CC3)s2)cc1. The number of rotatable bonds is 6. The number of thioether (sulfide) groups is 1. The van der Waals surface area contributed by atoms with Crippen LogP contribution in [0.25, 0.3) is 0 Å². The molecular formula is C14H15N3O2S2. The predicted octanol–water partition coefficient (Wildman–Crippen LogP) is 3.15. The first-order valence-electron chi connectivity index (χ1n) is 6.64. The molecule has 1 fully saturated rings. The van der Waals surface area contributed by atoms with Crippen molar-refractivity contribution in [3.05, 3.63) is 29.3 Å². The molecule has 2 aromatic rings. The minimum absolute atomic E-state index is 0.0608. The zero-order chi connectivity index (χ0) is 14.7. The fourth-order valence-electron chi connectivity index (χ4n) is 1.76. The largest absolute Gasteiger partial charge is 0.497 e. The van der Waals surface area contributed by atoms with E-state index in [2.05, 4.69) is 15.5 Å². The molecule has 1 saturated carbocycles. The van der Waals surface area contributed by atoms with E-state index in [0.717, 1.165) is 15.7 Å². The summed E-state index contributed by atoms with van der Waals surface area (Å²) >= 11 is 2.96. The second kappa shape index (κ2) is 6.44. The molecule has 110 valence electrons. The number of benzene rings is 1. The lowest BCUT2D eigenvalue weighted by Gasteiger charge is -2.03. The van der Waals surface area contributed by atoms with Gasteiger partial charge in [-0.2, -0.15) is 0 Å². The molecule has 0 unspecified atom stereocenters. The van der Waals surface area contributed by atoms with Crippen LogP contribution in [0.15, 0.2) is 29.2 Å². The molecule has 0 atom stereocenters. The Morgan fingerprint density at radius 2 is 2.14 bits per heavy atom. The molecule has 1 N–H and O–H groups in total. The fourth-order valence-corrected chi connectivity index (χ4v) is 3.38. The van der Waals surface area contributed by atoms with Crippen LogP contribution in [0.2, 0.25) is 0 Å². The first kappa shape index (κ1) is 14.3. The third-order valence-corrected chi connectivity index (χ3v) is 5.06. The van der Waals surface area contributed by atoms with E-state index in [1.165, 1.54) is 35.9 Å². The fraction of sp³-hybridized carbons (Fsp3) is 0.357. The summed E-state index contributed by atoms with van der Waals surface area (Å²) in [6.45, 7) is 0. The van der Waals surface area contributed by atoms with E-state index in [-0.39, 0.29) is 5.91 Å². The van der Waals surface area contributed by atoms with Gasteiger partial charge in [0, 0.05) is 10.8 Å². The molecule has 21 heavy (non-hydrogen) atoms. The lowest BCUT2D eigenvalue weighted by atomic mass is 10.3. The van der Waals surface area contributed by atoms with Crippen LogP contribution in [-0.2, 0) is 4.79 Å². The maximum absolute atomic E-state index is 11.9. The second-order valence-corrected chi connectivity index (χ2v) is 6.79. The van der Waals surface area contributed by atoms with Gasteiger partial charge in [0.15, 0.2) is 0 Å². The van der Waals surface area contributed by atoms with Crippen LogP contribution in [0, 0.1) is 0 Å². The number of aromatic nitrogens is 2. The van der Waals surface area contributed by atoms with E-state index in [1.54, 1.807) is 7.11 Å². The standard InChI is InChI=1S/C14H15N3O2S2/c1-19-10-4-6-11(7-5-10)20-8-12(18)15-14-17-16-13(21-14)9-2-3-9/h4-7,9H,2-3,8H2,1H3,(H,15,17,18). The highest BCUT2D eigenvalue weighted by Gasteiger charge is 2.27. The van der Waals surface area contributed by atoms with E-state index < -0.39 is 0 Å². The second-order valence-electron chi connectivity index (χ2n) is 4.73. The van der Waals surface area contributed by atoms with Gasteiger partial charge < -0.3 is 4.74 Å². The van der Waals surface area contributed by atoms with Gasteiger partial charge >= 0.3 is 0 Å². The van der Waals surface area contributed by atoms with Crippen LogP contribution < -0.4 is 10.1 Å². The van der Waals surface area contributed by atoms with Crippen LogP contribution in [0.4, 0.5) is 5.13 Å². The van der Waals surface area contributed by atoms with Crippen molar-refractivity contribution in [1.82, 2.24) is 10.2 Å². The molecule has 1 heterocycles. The normalized spacial score (nSPS) is 14.0. The van der Waals surface area contributed by atoms with Crippen LogP contribution in [0.3, 0.4) is 0 Å². The lowest BCUT2D eigenvalue weighted by Crippen LogP contribution is -2.13. The third kappa shape index (κ3) is 3.95. The van der Waals surface area contributed by atoms with E-state index in [1.807, 2.05) is 24.3 Å². The zero-order valence-corrected chi connectivity index (χ0v) is 13.2. The van der Waals surface area contributed by atoms with Crippen LogP contribution in [0.5, 0.6) is 5.75 Å². The van der Waals surface area contributed by atoms with Crippen LogP contribution >= 0.6 is 23.1 Å². The summed E-state index contributed by atoms with van der Waals surface area (Å²) in [6, 6.07) is 7.64. The highest BCUT2D eigenvalue weighted by atomic mass is 32.2. The lowest BCUT2D eigenvalue weighted by molar-refractivity contribution is -0.113. The monoisotopic (exact) mass is 321 g/mol. The Morgan fingerprint density at radius 1 is 1.38 bits per heavy atom. The Bertz CT molecular complexity index is 623. The van der Waals surface area contributed by atoms with Gasteiger partial charge in [-0.1, -0.05) is 11.3 Å². The van der Waals surface area contributed by atoms with Gasteiger partial charge in [0.25, 0.3) is 0 Å². The molecule has 0 spiro atoms. The Balaban J connectivity index is 1.48. The smallest absolute Gasteiger partial charge is 0.236 e. The number of methoxy groups -OCH3 is 1. The van der Waals surface area contributed by atoms with Gasteiger partial charge in [0.2, 0.25) is 11.0 Å². The first-order valence-corrected chi connectivity index (χ1v) is 8.45. The maximum Gasteiger partial charge on any atom is 0.236 e. The summed E-state index contributed by atoms with van der Waals surface area (Å²) in [5, 5.41) is 12.5. The topological polar surface area (TPSA) is 64.1 Å². The van der Waals surface area contributed by atoms with Crippen LogP contribution in [0.1, 0.15) is 23.8 Å². The first-order chi connectivity index (χ1) is 10.2. The molecule has 0 radical (unpaired) electrons. The summed E-state index contributed by atoms with van der Waals surface area (Å²) in [4.78, 5) is 12.9. The Labute approximate surface area is 131 Å². The molecule has 5 nitrogen and oxygen atoms in total. The van der Waals surface area contributed by atoms with Gasteiger partial charge in [-0.05, 0) is 37.1 Å². The third-order valence-electron chi connectivity index (χ3n) is 3.04. The number of hydrogen-bond acceptors (Lipinski definition) is 6. The number of anilines is 1. The van der Waals surface area contributed by atoms with E-state index in [9.17, 15) is 4.79 Å². The van der Waals surface area contributed by atoms with Crippen molar-refractivity contribution in [1.29, 1.82) is 0 Å². The van der Waals surface area contributed by atoms with Crippen molar-refractivity contribution in [2.75, 3.05) is 18.2 Å². The maximum atomic E-state index is 11.9. The van der Waals surface area contributed by atoms with Gasteiger partial charge in [-0.25, -0.2) is 0 Å². The molecule has 1 aliphatic rings. The number of hydrogen-bond donors (Lipinski definition) is 1. The molecule has 1 aromatic heterocycles. The van der Waals surface area contributed by atoms with Gasteiger partial charge in [-0.15, -0.1) is 22.0 Å². The van der Waals surface area contributed by atoms with Crippen molar-refractivity contribution in [3.8, 4) is 5.75 Å². The van der Waals surface area contributed by atoms with Gasteiger partial charge in [0.1, 0.15) is 10.8 Å². The number of carbonyl (C=O) groups excluding carboxylic acids is 1. The number of carbonyl (C=O) groups is 1. The van der Waals surface area contributed by atoms with E-state index in [0.29, 0.717) is 16.8 Å². The van der Waals surface area contributed by atoms with Crippen LogP contribution in [-0.4, -0.2) is 29.0 Å². The van der Waals surface area contributed by atoms with Crippen molar-refractivity contribution in [2.45, 2.75) is 23.7 Å². The average Bonchev–Trinajstić information content (AvgIpc) is 3.26. The summed E-state index contributed by atoms with van der Waals surface area (Å²) in [7, 11) is 1.63. The quantitative estimate of drug-likeness (QED) is 0.828. The Kier molecular flexibility index (Phi) is 4.40. The van der Waals surface area contributed by atoms with E-state index >= 15 is 0 Å². The van der Waals surface area contributed by atoms with Crippen molar-refractivity contribution in [3.63, 3.8) is 0 Å². The van der Waals surface area contributed by atoms with Gasteiger partial charge in [0.05, 0.1) is 12.9 Å². The summed E-state index contributed by atoms with van der Waals surface area (Å²) in [5.41, 5.74) is 0. The molecule has 1 aliphatic carbocycles. The summed E-state index contributed by atoms with van der Waals surface area (Å²) < 4.78 is 5.10. The molecule has 7 heteroatoms. The molecule has 1 aromatic carbocycles. The number of amides is 1. The van der Waals surface area contributed by atoms with Gasteiger partial charge in [-0.3, -0.25) is 10.1 Å². The predicted molar refractivity (Wildman–Crippen MR) is 84.2 cm³/mol. The Morgan fingerprint density at radius 3 is 2.81 bits per heavy atom. The van der Waals surface area contributed by atoms with Crippen molar-refractivity contribution in [2.24, 2.45) is 0 Å². The highest BCUT2D eigenvalue weighted by molar-refractivity contribution is 8.00. The highest BCUT2D eigenvalue weighted by Crippen LogP contribution is 2.42. The summed E-state index contributed by atoms with van der Waals surface area (Å²) in [6.07, 6.45) is 2.38. The molecule has 3 rings (SSSR count). The zero-order valence-electron chi connectivity index (χ0n) is 11.5. The van der Waals surface area contributed by atoms with Crippen molar-refractivity contribution < 1.29 is 9.53 Å². The Hall–Kier alpha value is -1.60. The minimum atomic E-state index is -0.0608. The number of ether oxygens (including phenoxy) is 1. The minimum Gasteiger partial charge on any atom is -0.497 e. The number of nitrogens with one attached hydrogen (secondary N) is 1. The van der Waals surface area contributed by atoms with E-state index in [4.69, 9.17) is 4.74 Å². The number of nitrogens with zero attached hydrogens (tertiary/aromatic N) is 2.